The van der Waals surface area contributed by atoms with E-state index in [9.17, 15) is 12.8 Å². The van der Waals surface area contributed by atoms with Crippen LogP contribution in [0.4, 0.5) is 10.1 Å². The van der Waals surface area contributed by atoms with Gasteiger partial charge in [-0.15, -0.1) is 0 Å². The molecule has 1 aliphatic rings. The van der Waals surface area contributed by atoms with Crippen molar-refractivity contribution in [3.63, 3.8) is 0 Å². The minimum absolute atomic E-state index is 0.0865. The average molecular weight is 563 g/mol. The number of sulfonamides is 1. The number of hydrogen-bond acceptors (Lipinski definition) is 4. The molecule has 3 aromatic carbocycles. The molecular formula is C27H25Cl2FN2O4S. The number of aromatic nitrogens is 1. The minimum Gasteiger partial charge on any atom is -0.490 e. The lowest BCUT2D eigenvalue weighted by atomic mass is 9.95. The topological polar surface area (TPSA) is 80.4 Å². The quantitative estimate of drug-likeness (QED) is 0.235. The van der Waals surface area contributed by atoms with Crippen molar-refractivity contribution >= 4 is 49.8 Å². The Kier molecular flexibility index (Phi) is 7.62. The van der Waals surface area contributed by atoms with E-state index in [0.717, 1.165) is 37.3 Å². The first kappa shape index (κ1) is 25.9. The van der Waals surface area contributed by atoms with E-state index in [4.69, 9.17) is 32.7 Å². The third-order valence-corrected chi connectivity index (χ3v) is 8.44. The van der Waals surface area contributed by atoms with Crippen LogP contribution in [0.3, 0.4) is 0 Å². The summed E-state index contributed by atoms with van der Waals surface area (Å²) in [4.78, 5) is 2.41. The van der Waals surface area contributed by atoms with Crippen molar-refractivity contribution in [2.75, 3.05) is 4.72 Å². The molecule has 0 bridgehead atoms. The highest BCUT2D eigenvalue weighted by Gasteiger charge is 2.25. The van der Waals surface area contributed by atoms with Gasteiger partial charge < -0.3 is 14.5 Å². The molecule has 1 saturated carbocycles. The number of halogens is 3. The molecule has 4 aromatic rings. The highest BCUT2D eigenvalue weighted by atomic mass is 35.5. The Morgan fingerprint density at radius 3 is 2.41 bits per heavy atom. The normalized spacial score (nSPS) is 18.1. The lowest BCUT2D eigenvalue weighted by Crippen LogP contribution is -2.28. The number of H-pyrrole nitrogens is 1. The van der Waals surface area contributed by atoms with Crippen LogP contribution in [0.15, 0.2) is 71.8 Å². The minimum atomic E-state index is -4.23. The number of ether oxygens (including phenoxy) is 2. The molecule has 0 unspecified atom stereocenters. The van der Waals surface area contributed by atoms with Crippen LogP contribution >= 0.6 is 23.2 Å². The van der Waals surface area contributed by atoms with E-state index in [0.29, 0.717) is 27.6 Å². The molecule has 37 heavy (non-hydrogen) atoms. The fourth-order valence-electron chi connectivity index (χ4n) is 4.52. The van der Waals surface area contributed by atoms with Crippen LogP contribution in [-0.4, -0.2) is 25.6 Å². The number of fused-ring (bicyclic) bond motifs is 1. The maximum Gasteiger partial charge on any atom is 0.264 e. The van der Waals surface area contributed by atoms with Crippen LogP contribution < -0.4 is 9.46 Å². The fraction of sp³-hybridized carbons (Fsp3) is 0.259. The number of nitrogens with one attached hydrogen (secondary N) is 2. The zero-order valence-electron chi connectivity index (χ0n) is 19.7. The van der Waals surface area contributed by atoms with E-state index in [2.05, 4.69) is 9.71 Å². The molecule has 5 rings (SSSR count). The molecule has 10 heteroatoms. The maximum atomic E-state index is 14.9. The molecule has 0 saturated heterocycles. The van der Waals surface area contributed by atoms with E-state index >= 15 is 0 Å². The fourth-order valence-corrected chi connectivity index (χ4v) is 6.21. The van der Waals surface area contributed by atoms with Crippen molar-refractivity contribution in [2.24, 2.45) is 0 Å². The summed E-state index contributed by atoms with van der Waals surface area (Å²) in [6, 6.07) is 16.8. The van der Waals surface area contributed by atoms with E-state index in [1.54, 1.807) is 0 Å². The summed E-state index contributed by atoms with van der Waals surface area (Å²) in [7, 11) is -4.23. The summed E-state index contributed by atoms with van der Waals surface area (Å²) >= 11 is 12.3. The summed E-state index contributed by atoms with van der Waals surface area (Å²) in [5.41, 5.74) is 1.75. The second kappa shape index (κ2) is 10.9. The summed E-state index contributed by atoms with van der Waals surface area (Å²) in [6.07, 6.45) is 4.80. The van der Waals surface area contributed by atoms with Gasteiger partial charge >= 0.3 is 0 Å². The molecule has 194 valence electrons. The molecular weight excluding hydrogens is 538 g/mol. The first-order valence-corrected chi connectivity index (χ1v) is 14.1. The molecule has 1 fully saturated rings. The molecule has 2 N–H and O–H groups in total. The SMILES string of the molecule is O=S(=O)(Nc1ccc(Cl)c2c(Cl)c[nH]c12)c1ccc(OC2CCC(OCc3ccccc3)CC2)cc1F. The van der Waals surface area contributed by atoms with E-state index in [-0.39, 0.29) is 23.6 Å². The van der Waals surface area contributed by atoms with Crippen LogP contribution in [0.1, 0.15) is 31.2 Å². The third kappa shape index (κ3) is 5.88. The molecule has 6 nitrogen and oxygen atoms in total. The Balaban J connectivity index is 1.20. The Hall–Kier alpha value is -2.78. The number of rotatable bonds is 8. The van der Waals surface area contributed by atoms with Crippen LogP contribution in [0, 0.1) is 5.82 Å². The Morgan fingerprint density at radius 2 is 1.68 bits per heavy atom. The number of hydrogen-bond donors (Lipinski definition) is 2. The van der Waals surface area contributed by atoms with Gasteiger partial charge in [0.1, 0.15) is 16.5 Å². The standard InChI is InChI=1S/C27H25Cl2FN2O4S/c28-21-11-12-24(27-26(21)22(29)15-31-27)32-37(33,34)25-13-10-20(14-23(25)30)36-19-8-6-18(7-9-19)35-16-17-4-2-1-3-5-17/h1-5,10-15,18-19,31-32H,6-9,16H2. The molecule has 1 aromatic heterocycles. The molecule has 1 aliphatic carbocycles. The molecule has 1 heterocycles. The number of benzene rings is 3. The second-order valence-corrected chi connectivity index (χ2v) is 11.5. The van der Waals surface area contributed by atoms with Crippen LogP contribution in [0.2, 0.25) is 10.0 Å². The second-order valence-electron chi connectivity index (χ2n) is 8.99. The van der Waals surface area contributed by atoms with Gasteiger partial charge in [0, 0.05) is 17.6 Å². The van der Waals surface area contributed by atoms with Gasteiger partial charge in [0.15, 0.2) is 0 Å². The van der Waals surface area contributed by atoms with Crippen molar-refractivity contribution in [3.8, 4) is 5.75 Å². The molecule has 0 amide bonds. The number of anilines is 1. The molecule has 0 atom stereocenters. The van der Waals surface area contributed by atoms with Crippen molar-refractivity contribution in [2.45, 2.75) is 49.4 Å². The van der Waals surface area contributed by atoms with E-state index < -0.39 is 20.7 Å². The zero-order chi connectivity index (χ0) is 26.0. The highest BCUT2D eigenvalue weighted by Crippen LogP contribution is 2.36. The van der Waals surface area contributed by atoms with E-state index in [1.807, 2.05) is 30.3 Å². The van der Waals surface area contributed by atoms with Crippen LogP contribution in [0.25, 0.3) is 10.9 Å². The predicted octanol–water partition coefficient (Wildman–Crippen LogP) is 7.32. The van der Waals surface area contributed by atoms with Crippen molar-refractivity contribution in [3.05, 3.63) is 88.3 Å². The van der Waals surface area contributed by atoms with Gasteiger partial charge in [-0.3, -0.25) is 4.72 Å². The lowest BCUT2D eigenvalue weighted by Gasteiger charge is -2.29. The zero-order valence-corrected chi connectivity index (χ0v) is 22.0. The first-order chi connectivity index (χ1) is 17.8. The summed E-state index contributed by atoms with van der Waals surface area (Å²) in [5, 5.41) is 1.20. The highest BCUT2D eigenvalue weighted by molar-refractivity contribution is 7.92. The van der Waals surface area contributed by atoms with Gasteiger partial charge in [-0.25, -0.2) is 12.8 Å². The Bertz CT molecular complexity index is 1500. The largest absolute Gasteiger partial charge is 0.490 e. The molecule has 0 radical (unpaired) electrons. The van der Waals surface area contributed by atoms with Gasteiger partial charge in [0.2, 0.25) is 0 Å². The molecule has 0 spiro atoms. The Labute approximate surface area is 224 Å². The van der Waals surface area contributed by atoms with Gasteiger partial charge in [0.05, 0.1) is 40.1 Å². The van der Waals surface area contributed by atoms with Crippen LogP contribution in [-0.2, 0) is 21.4 Å². The van der Waals surface area contributed by atoms with Gasteiger partial charge in [-0.2, -0.15) is 0 Å². The predicted molar refractivity (Wildman–Crippen MR) is 143 cm³/mol. The van der Waals surface area contributed by atoms with Crippen molar-refractivity contribution in [1.29, 1.82) is 0 Å². The smallest absolute Gasteiger partial charge is 0.264 e. The van der Waals surface area contributed by atoms with Crippen molar-refractivity contribution in [1.82, 2.24) is 4.98 Å². The average Bonchev–Trinajstić information content (AvgIpc) is 3.28. The maximum absolute atomic E-state index is 14.9. The van der Waals surface area contributed by atoms with Crippen molar-refractivity contribution < 1.29 is 22.3 Å². The molecule has 0 aliphatic heterocycles. The van der Waals surface area contributed by atoms with E-state index in [1.165, 1.54) is 30.5 Å². The summed E-state index contributed by atoms with van der Waals surface area (Å²) in [6.45, 7) is 0.574. The van der Waals surface area contributed by atoms with Gasteiger partial charge in [-0.05, 0) is 55.5 Å². The summed E-state index contributed by atoms with van der Waals surface area (Å²) in [5.74, 6) is -0.616. The summed E-state index contributed by atoms with van der Waals surface area (Å²) < 4.78 is 55.3. The lowest BCUT2D eigenvalue weighted by molar-refractivity contribution is -0.00667. The third-order valence-electron chi connectivity index (χ3n) is 6.43. The first-order valence-electron chi connectivity index (χ1n) is 11.9. The van der Waals surface area contributed by atoms with Crippen LogP contribution in [0.5, 0.6) is 5.75 Å². The van der Waals surface area contributed by atoms with Gasteiger partial charge in [-0.1, -0.05) is 53.5 Å². The van der Waals surface area contributed by atoms with Gasteiger partial charge in [0.25, 0.3) is 10.0 Å². The Morgan fingerprint density at radius 1 is 0.946 bits per heavy atom. The number of aromatic amines is 1. The monoisotopic (exact) mass is 562 g/mol.